The number of unbranched alkanes of at least 4 members (excludes halogenated alkanes) is 1. The second-order valence-electron chi connectivity index (χ2n) is 5.83. The maximum atomic E-state index is 11.4. The number of amides is 1. The fraction of sp³-hybridized carbons (Fsp3) is 0.786. The van der Waals surface area contributed by atoms with Crippen molar-refractivity contribution in [3.63, 3.8) is 0 Å². The van der Waals surface area contributed by atoms with Crippen molar-refractivity contribution in [1.29, 1.82) is 0 Å². The lowest BCUT2D eigenvalue weighted by molar-refractivity contribution is -0.141. The summed E-state index contributed by atoms with van der Waals surface area (Å²) >= 11 is 0. The molecule has 6 heteroatoms. The van der Waals surface area contributed by atoms with Crippen molar-refractivity contribution in [2.45, 2.75) is 59.5 Å². The Labute approximate surface area is 120 Å². The number of aliphatic carboxylic acids is 1. The van der Waals surface area contributed by atoms with Crippen LogP contribution in [0.2, 0.25) is 0 Å². The minimum atomic E-state index is -0.767. The predicted molar refractivity (Wildman–Crippen MR) is 78.0 cm³/mol. The number of carboxylic acids is 1. The van der Waals surface area contributed by atoms with Crippen LogP contribution in [0.25, 0.3) is 0 Å². The standard InChI is InChI=1S/C14H26N2O4/c1-10(12(17)18)8-6-7-9-15-11(2)16-13(19)20-14(3,4)5/h10H,6-9H2,1-5H3,(H,17,18)(H,15,16,19)/t10-/m1/s1. The van der Waals surface area contributed by atoms with Crippen LogP contribution in [-0.4, -0.2) is 35.2 Å². The SMILES string of the molecule is CC(=NCCCC[C@@H](C)C(=O)O)NC(=O)OC(C)(C)C. The van der Waals surface area contributed by atoms with Crippen molar-refractivity contribution in [3.8, 4) is 0 Å². The highest BCUT2D eigenvalue weighted by Gasteiger charge is 2.16. The summed E-state index contributed by atoms with van der Waals surface area (Å²) in [7, 11) is 0. The third-order valence-electron chi connectivity index (χ3n) is 2.50. The molecule has 0 aliphatic carbocycles. The molecule has 0 aromatic heterocycles. The van der Waals surface area contributed by atoms with Crippen molar-refractivity contribution < 1.29 is 19.4 Å². The summed E-state index contributed by atoms with van der Waals surface area (Å²) in [5.41, 5.74) is -0.530. The maximum absolute atomic E-state index is 11.4. The minimum absolute atomic E-state index is 0.319. The number of carboxylic acid groups (broad SMARTS) is 1. The summed E-state index contributed by atoms with van der Waals surface area (Å²) in [4.78, 5) is 26.3. The fourth-order valence-corrected chi connectivity index (χ4v) is 1.42. The largest absolute Gasteiger partial charge is 0.481 e. The number of nitrogens with zero attached hydrogens (tertiary/aromatic N) is 1. The molecule has 0 aromatic carbocycles. The van der Waals surface area contributed by atoms with Gasteiger partial charge < -0.3 is 9.84 Å². The quantitative estimate of drug-likeness (QED) is 0.446. The number of carbonyl (C=O) groups excluding carboxylic acids is 1. The summed E-state index contributed by atoms with van der Waals surface area (Å²) in [5, 5.41) is 11.3. The van der Waals surface area contributed by atoms with Crippen molar-refractivity contribution >= 4 is 17.9 Å². The summed E-state index contributed by atoms with van der Waals surface area (Å²) in [6.45, 7) is 9.34. The molecule has 0 saturated heterocycles. The Kier molecular flexibility index (Phi) is 7.87. The molecule has 116 valence electrons. The number of ether oxygens (including phenoxy) is 1. The van der Waals surface area contributed by atoms with E-state index in [4.69, 9.17) is 9.84 Å². The van der Waals surface area contributed by atoms with Crippen LogP contribution in [-0.2, 0) is 9.53 Å². The Morgan fingerprint density at radius 3 is 2.40 bits per heavy atom. The molecule has 0 heterocycles. The summed E-state index contributed by atoms with van der Waals surface area (Å²) in [6, 6.07) is 0. The third-order valence-corrected chi connectivity index (χ3v) is 2.50. The number of aliphatic imine (C=N–C) groups is 1. The normalized spacial score (nSPS) is 13.8. The van der Waals surface area contributed by atoms with Crippen LogP contribution >= 0.6 is 0 Å². The number of hydrogen-bond acceptors (Lipinski definition) is 4. The Hall–Kier alpha value is -1.59. The first-order valence-corrected chi connectivity index (χ1v) is 6.85. The molecular formula is C14H26N2O4. The zero-order chi connectivity index (χ0) is 15.8. The monoisotopic (exact) mass is 286 g/mol. The molecule has 2 N–H and O–H groups in total. The third kappa shape index (κ3) is 10.3. The Balaban J connectivity index is 3.86. The molecule has 0 rings (SSSR count). The van der Waals surface area contributed by atoms with E-state index in [9.17, 15) is 9.59 Å². The number of rotatable bonds is 6. The van der Waals surface area contributed by atoms with Crippen LogP contribution in [0, 0.1) is 5.92 Å². The van der Waals surface area contributed by atoms with Gasteiger partial charge in [-0.15, -0.1) is 0 Å². The van der Waals surface area contributed by atoms with Crippen LogP contribution < -0.4 is 5.32 Å². The minimum Gasteiger partial charge on any atom is -0.481 e. The summed E-state index contributed by atoms with van der Waals surface area (Å²) in [6.07, 6.45) is 1.73. The molecular weight excluding hydrogens is 260 g/mol. The molecule has 6 nitrogen and oxygen atoms in total. The highest BCUT2D eigenvalue weighted by Crippen LogP contribution is 2.08. The molecule has 0 aliphatic rings. The van der Waals surface area contributed by atoms with Gasteiger partial charge in [0.25, 0.3) is 0 Å². The van der Waals surface area contributed by atoms with E-state index in [0.717, 1.165) is 12.8 Å². The van der Waals surface area contributed by atoms with Gasteiger partial charge in [0.05, 0.1) is 5.92 Å². The lowest BCUT2D eigenvalue weighted by Crippen LogP contribution is -2.35. The average molecular weight is 286 g/mol. The fourth-order valence-electron chi connectivity index (χ4n) is 1.42. The molecule has 20 heavy (non-hydrogen) atoms. The van der Waals surface area contributed by atoms with Gasteiger partial charge >= 0.3 is 12.1 Å². The van der Waals surface area contributed by atoms with Gasteiger partial charge in [-0.2, -0.15) is 0 Å². The van der Waals surface area contributed by atoms with Crippen LogP contribution in [0.15, 0.2) is 4.99 Å². The van der Waals surface area contributed by atoms with E-state index in [0.29, 0.717) is 18.8 Å². The number of hydrogen-bond donors (Lipinski definition) is 2. The molecule has 0 bridgehead atoms. The molecule has 1 atom stereocenters. The first kappa shape index (κ1) is 18.4. The van der Waals surface area contributed by atoms with Gasteiger partial charge in [0, 0.05) is 6.54 Å². The van der Waals surface area contributed by atoms with Crippen molar-refractivity contribution in [3.05, 3.63) is 0 Å². The molecule has 1 amide bonds. The lowest BCUT2D eigenvalue weighted by Gasteiger charge is -2.19. The van der Waals surface area contributed by atoms with Crippen LogP contribution in [0.1, 0.15) is 53.9 Å². The first-order valence-electron chi connectivity index (χ1n) is 6.85. The summed E-state index contributed by atoms with van der Waals surface area (Å²) < 4.78 is 5.10. The summed E-state index contributed by atoms with van der Waals surface area (Å²) in [5.74, 6) is -0.582. The van der Waals surface area contributed by atoms with Crippen molar-refractivity contribution in [1.82, 2.24) is 5.32 Å². The van der Waals surface area contributed by atoms with Gasteiger partial charge in [0.1, 0.15) is 11.4 Å². The Morgan fingerprint density at radius 2 is 1.90 bits per heavy atom. The smallest absolute Gasteiger partial charge is 0.413 e. The lowest BCUT2D eigenvalue weighted by atomic mass is 10.0. The second kappa shape index (κ2) is 8.55. The van der Waals surface area contributed by atoms with Gasteiger partial charge in [-0.1, -0.05) is 13.3 Å². The van der Waals surface area contributed by atoms with Gasteiger partial charge in [0.2, 0.25) is 0 Å². The van der Waals surface area contributed by atoms with Crippen LogP contribution in [0.3, 0.4) is 0 Å². The zero-order valence-corrected chi connectivity index (χ0v) is 13.0. The topological polar surface area (TPSA) is 88.0 Å². The molecule has 0 fully saturated rings. The first-order chi connectivity index (χ1) is 9.11. The van der Waals surface area contributed by atoms with E-state index in [2.05, 4.69) is 10.3 Å². The van der Waals surface area contributed by atoms with Gasteiger partial charge in [0.15, 0.2) is 0 Å². The molecule has 0 aromatic rings. The zero-order valence-electron chi connectivity index (χ0n) is 13.0. The van der Waals surface area contributed by atoms with Crippen LogP contribution in [0.4, 0.5) is 4.79 Å². The average Bonchev–Trinajstić information content (AvgIpc) is 2.25. The highest BCUT2D eigenvalue weighted by atomic mass is 16.6. The molecule has 0 spiro atoms. The second-order valence-corrected chi connectivity index (χ2v) is 5.83. The van der Waals surface area contributed by atoms with E-state index in [-0.39, 0.29) is 5.92 Å². The number of alkyl carbamates (subject to hydrolysis) is 1. The Morgan fingerprint density at radius 1 is 1.30 bits per heavy atom. The number of amidine groups is 1. The van der Waals surface area contributed by atoms with Gasteiger partial charge in [-0.3, -0.25) is 15.1 Å². The van der Waals surface area contributed by atoms with Crippen molar-refractivity contribution in [2.24, 2.45) is 10.9 Å². The predicted octanol–water partition coefficient (Wildman–Crippen LogP) is 2.82. The van der Waals surface area contributed by atoms with Crippen molar-refractivity contribution in [2.75, 3.05) is 6.54 Å². The van der Waals surface area contributed by atoms with Crippen LogP contribution in [0.5, 0.6) is 0 Å². The molecule has 0 unspecified atom stereocenters. The number of carbonyl (C=O) groups is 2. The van der Waals surface area contributed by atoms with Gasteiger partial charge in [-0.25, -0.2) is 4.79 Å². The molecule has 0 saturated carbocycles. The van der Waals surface area contributed by atoms with E-state index in [1.807, 2.05) is 0 Å². The highest BCUT2D eigenvalue weighted by molar-refractivity contribution is 5.93. The maximum Gasteiger partial charge on any atom is 0.413 e. The number of nitrogens with one attached hydrogen (secondary N) is 1. The van der Waals surface area contributed by atoms with E-state index >= 15 is 0 Å². The molecule has 0 aliphatic heterocycles. The van der Waals surface area contributed by atoms with E-state index in [1.165, 1.54) is 0 Å². The molecule has 0 radical (unpaired) electrons. The van der Waals surface area contributed by atoms with E-state index < -0.39 is 17.7 Å². The Bertz CT molecular complexity index is 359. The van der Waals surface area contributed by atoms with Gasteiger partial charge in [-0.05, 0) is 40.5 Å². The van der Waals surface area contributed by atoms with E-state index in [1.54, 1.807) is 34.6 Å².